The molecule has 0 saturated heterocycles. The first kappa shape index (κ1) is 33.7. The third-order valence-corrected chi connectivity index (χ3v) is 8.33. The maximum absolute atomic E-state index is 13.6. The topological polar surface area (TPSA) is 106 Å². The summed E-state index contributed by atoms with van der Waals surface area (Å²) in [6.07, 6.45) is -9.26. The second-order valence-electron chi connectivity index (χ2n) is 11.9. The van der Waals surface area contributed by atoms with Crippen LogP contribution < -0.4 is 9.80 Å². The van der Waals surface area contributed by atoms with Crippen molar-refractivity contribution in [3.63, 3.8) is 0 Å². The van der Waals surface area contributed by atoms with E-state index in [4.69, 9.17) is 9.97 Å². The summed E-state index contributed by atoms with van der Waals surface area (Å²) in [5.41, 5.74) is 0.975. The number of alkyl halides is 6. The van der Waals surface area contributed by atoms with Crippen LogP contribution in [0.1, 0.15) is 33.6 Å². The van der Waals surface area contributed by atoms with Crippen LogP contribution in [0.5, 0.6) is 0 Å². The molecule has 3 heterocycles. The Kier molecular flexibility index (Phi) is 8.10. The van der Waals surface area contributed by atoms with E-state index in [0.29, 0.717) is 11.4 Å². The third kappa shape index (κ3) is 6.00. The maximum atomic E-state index is 13.6. The fourth-order valence-electron chi connectivity index (χ4n) is 5.71. The van der Waals surface area contributed by atoms with Gasteiger partial charge < -0.3 is 0 Å². The summed E-state index contributed by atoms with van der Waals surface area (Å²) in [7, 11) is 0. The molecular formula is C38H22F6N8. The molecule has 0 aliphatic carbocycles. The van der Waals surface area contributed by atoms with E-state index in [9.17, 15) is 36.9 Å². The van der Waals surface area contributed by atoms with Crippen molar-refractivity contribution in [2.75, 3.05) is 9.80 Å². The molecule has 256 valence electrons. The lowest BCUT2D eigenvalue weighted by atomic mass is 10.0. The molecule has 0 amide bonds. The zero-order valence-electron chi connectivity index (χ0n) is 27.1. The largest absolute Gasteiger partial charge is 0.416 e. The van der Waals surface area contributed by atoms with E-state index in [1.165, 1.54) is 24.3 Å². The van der Waals surface area contributed by atoms with Crippen molar-refractivity contribution in [2.45, 2.75) is 26.2 Å². The molecular weight excluding hydrogens is 682 g/mol. The third-order valence-electron chi connectivity index (χ3n) is 8.33. The predicted octanol–water partition coefficient (Wildman–Crippen LogP) is 10.3. The Hall–Kier alpha value is -6.80. The van der Waals surface area contributed by atoms with E-state index in [-0.39, 0.29) is 57.2 Å². The summed E-state index contributed by atoms with van der Waals surface area (Å²) in [5.74, 6) is 0.431. The molecule has 52 heavy (non-hydrogen) atoms. The number of nitrogens with zero attached hydrogens (tertiary/aromatic N) is 8. The Balaban J connectivity index is 1.59. The predicted molar refractivity (Wildman–Crippen MR) is 180 cm³/mol. The summed E-state index contributed by atoms with van der Waals surface area (Å²) in [6.45, 7) is 3.76. The molecule has 2 aromatic heterocycles. The maximum Gasteiger partial charge on any atom is 0.416 e. The monoisotopic (exact) mass is 704 g/mol. The number of benzene rings is 4. The van der Waals surface area contributed by atoms with Gasteiger partial charge in [-0.3, -0.25) is 9.80 Å². The number of fused-ring (bicyclic) bond motifs is 2. The van der Waals surface area contributed by atoms with Gasteiger partial charge in [-0.2, -0.15) is 36.9 Å². The average molecular weight is 705 g/mol. The van der Waals surface area contributed by atoms with Crippen LogP contribution in [0.4, 0.5) is 61.0 Å². The SMILES string of the molecule is Cc1ccc(N2c3nc(C#N)c(C#N)nc3N(c3ccc(C)cc3)c3nc(-c4ccc(C(F)(F)F)cc4)c(-c4ccc(C(F)(F)F)cc4)nc32)cc1. The zero-order chi connectivity index (χ0) is 36.9. The summed E-state index contributed by atoms with van der Waals surface area (Å²) in [6, 6.07) is 26.6. The van der Waals surface area contributed by atoms with Gasteiger partial charge in [-0.1, -0.05) is 59.7 Å². The lowest BCUT2D eigenvalue weighted by Crippen LogP contribution is -2.29. The lowest BCUT2D eigenvalue weighted by Gasteiger charge is -2.37. The molecule has 0 bridgehead atoms. The van der Waals surface area contributed by atoms with Gasteiger partial charge in [0, 0.05) is 22.5 Å². The van der Waals surface area contributed by atoms with E-state index >= 15 is 0 Å². The van der Waals surface area contributed by atoms with Gasteiger partial charge in [0.05, 0.1) is 22.5 Å². The van der Waals surface area contributed by atoms with Gasteiger partial charge in [0.2, 0.25) is 0 Å². The van der Waals surface area contributed by atoms with Gasteiger partial charge >= 0.3 is 12.4 Å². The van der Waals surface area contributed by atoms with Crippen molar-refractivity contribution in [2.24, 2.45) is 0 Å². The highest BCUT2D eigenvalue weighted by Gasteiger charge is 2.39. The van der Waals surface area contributed by atoms with Gasteiger partial charge in [-0.25, -0.2) is 19.9 Å². The van der Waals surface area contributed by atoms with E-state index in [2.05, 4.69) is 9.97 Å². The van der Waals surface area contributed by atoms with E-state index in [0.717, 1.165) is 35.4 Å². The summed E-state index contributed by atoms with van der Waals surface area (Å²) in [5, 5.41) is 19.9. The highest BCUT2D eigenvalue weighted by atomic mass is 19.4. The molecule has 1 aliphatic rings. The highest BCUT2D eigenvalue weighted by Crippen LogP contribution is 2.53. The van der Waals surface area contributed by atoms with Gasteiger partial charge in [0.25, 0.3) is 0 Å². The van der Waals surface area contributed by atoms with Crippen LogP contribution in [0, 0.1) is 36.5 Å². The van der Waals surface area contributed by atoms with Crippen LogP contribution in [0.3, 0.4) is 0 Å². The number of aryl methyl sites for hydroxylation is 2. The number of hydrogen-bond acceptors (Lipinski definition) is 8. The summed E-state index contributed by atoms with van der Waals surface area (Å²) >= 11 is 0. The number of aromatic nitrogens is 4. The van der Waals surface area contributed by atoms with Gasteiger partial charge in [0.15, 0.2) is 34.7 Å². The fraction of sp³-hybridized carbons (Fsp3) is 0.105. The van der Waals surface area contributed by atoms with Crippen molar-refractivity contribution in [1.82, 2.24) is 19.9 Å². The standard InChI is InChI=1S/C38H22F6N8/c1-21-3-15-27(16-4-21)51-33-34(48-30(20-46)29(19-45)47-33)52(28-17-5-22(2)6-18-28)36-35(51)49-31(23-7-11-25(12-8-23)37(39,40)41)32(50-36)24-9-13-26(14-10-24)38(42,43)44/h3-18H,1-2H3. The Bertz CT molecular complexity index is 2240. The minimum Gasteiger partial charge on any atom is -0.273 e. The fourth-order valence-corrected chi connectivity index (χ4v) is 5.71. The van der Waals surface area contributed by atoms with Crippen LogP contribution in [0.2, 0.25) is 0 Å². The highest BCUT2D eigenvalue weighted by molar-refractivity contribution is 5.98. The van der Waals surface area contributed by atoms with Crippen molar-refractivity contribution < 1.29 is 26.3 Å². The molecule has 0 fully saturated rings. The minimum atomic E-state index is -4.63. The van der Waals surface area contributed by atoms with Crippen molar-refractivity contribution >= 4 is 34.6 Å². The van der Waals surface area contributed by atoms with Crippen LogP contribution in [-0.2, 0) is 12.4 Å². The van der Waals surface area contributed by atoms with Gasteiger partial charge in [-0.05, 0) is 62.4 Å². The lowest BCUT2D eigenvalue weighted by molar-refractivity contribution is -0.138. The molecule has 0 atom stereocenters. The van der Waals surface area contributed by atoms with Gasteiger partial charge in [0.1, 0.15) is 12.1 Å². The van der Waals surface area contributed by atoms with Crippen LogP contribution in [0.25, 0.3) is 22.5 Å². The first-order valence-electron chi connectivity index (χ1n) is 15.5. The molecule has 7 rings (SSSR count). The second-order valence-corrected chi connectivity index (χ2v) is 11.9. The molecule has 6 aromatic rings. The van der Waals surface area contributed by atoms with Crippen molar-refractivity contribution in [1.29, 1.82) is 10.5 Å². The molecule has 4 aromatic carbocycles. The van der Waals surface area contributed by atoms with Crippen LogP contribution in [0.15, 0.2) is 97.1 Å². The normalized spacial score (nSPS) is 12.5. The number of halogens is 6. The van der Waals surface area contributed by atoms with Gasteiger partial charge in [-0.15, -0.1) is 0 Å². The molecule has 0 unspecified atom stereocenters. The zero-order valence-corrected chi connectivity index (χ0v) is 27.1. The first-order chi connectivity index (χ1) is 24.8. The molecule has 0 N–H and O–H groups in total. The Morgan fingerprint density at radius 1 is 0.462 bits per heavy atom. The smallest absolute Gasteiger partial charge is 0.273 e. The first-order valence-corrected chi connectivity index (χ1v) is 15.5. The molecule has 0 radical (unpaired) electrons. The minimum absolute atomic E-state index is 0.0544. The quantitative estimate of drug-likeness (QED) is 0.167. The second kappa shape index (κ2) is 12.5. The van der Waals surface area contributed by atoms with E-state index < -0.39 is 23.5 Å². The summed E-state index contributed by atoms with van der Waals surface area (Å²) in [4.78, 5) is 22.3. The van der Waals surface area contributed by atoms with Crippen molar-refractivity contribution in [3.8, 4) is 34.7 Å². The Labute approximate surface area is 292 Å². The van der Waals surface area contributed by atoms with Crippen LogP contribution >= 0.6 is 0 Å². The molecule has 0 spiro atoms. The summed E-state index contributed by atoms with van der Waals surface area (Å²) < 4.78 is 81.5. The molecule has 14 heteroatoms. The number of rotatable bonds is 4. The Morgan fingerprint density at radius 2 is 0.769 bits per heavy atom. The Morgan fingerprint density at radius 3 is 1.06 bits per heavy atom. The average Bonchev–Trinajstić information content (AvgIpc) is 3.13. The van der Waals surface area contributed by atoms with E-state index in [1.807, 2.05) is 50.3 Å². The van der Waals surface area contributed by atoms with Crippen LogP contribution in [-0.4, -0.2) is 19.9 Å². The van der Waals surface area contributed by atoms with E-state index in [1.54, 1.807) is 34.1 Å². The van der Waals surface area contributed by atoms with Crippen molar-refractivity contribution in [3.05, 3.63) is 131 Å². The number of anilines is 6. The molecule has 0 saturated carbocycles. The molecule has 1 aliphatic heterocycles. The number of hydrogen-bond donors (Lipinski definition) is 0. The number of nitriles is 2. The molecule has 8 nitrogen and oxygen atoms in total.